The van der Waals surface area contributed by atoms with Crippen LogP contribution in [0.5, 0.6) is 0 Å². The van der Waals surface area contributed by atoms with Crippen molar-refractivity contribution in [2.75, 3.05) is 26.2 Å². The molecule has 3 heterocycles. The summed E-state index contributed by atoms with van der Waals surface area (Å²) < 4.78 is 5.75. The zero-order valence-electron chi connectivity index (χ0n) is 16.3. The van der Waals surface area contributed by atoms with Gasteiger partial charge in [0.1, 0.15) is 16.5 Å². The van der Waals surface area contributed by atoms with Gasteiger partial charge in [-0.1, -0.05) is 30.3 Å². The van der Waals surface area contributed by atoms with Gasteiger partial charge >= 0.3 is 0 Å². The van der Waals surface area contributed by atoms with Crippen LogP contribution in [0, 0.1) is 6.92 Å². The molecule has 1 fully saturated rings. The monoisotopic (exact) mass is 397 g/mol. The highest BCUT2D eigenvalue weighted by Crippen LogP contribution is 2.24. The zero-order chi connectivity index (χ0) is 19.3. The number of hydrogen-bond donors (Lipinski definition) is 1. The van der Waals surface area contributed by atoms with Crippen LogP contribution < -0.4 is 0 Å². The molecule has 5 nitrogen and oxygen atoms in total. The Morgan fingerprint density at radius 3 is 2.75 bits per heavy atom. The molecule has 3 aromatic rings. The third kappa shape index (κ3) is 4.70. The normalized spacial score (nSPS) is 18.6. The third-order valence-corrected chi connectivity index (χ3v) is 6.12. The van der Waals surface area contributed by atoms with E-state index in [9.17, 15) is 5.11 Å². The Hall–Kier alpha value is -1.99. The standard InChI is InChI=1S/C22H27N3O2S/c1-17-7-8-20(27-17)14-25-11-10-24(13-19(25)9-12-26)15-22-23-21(16-28-22)18-5-3-2-4-6-18/h2-8,16,19,26H,9-15H2,1H3/t19-/m1/s1. The topological polar surface area (TPSA) is 52.7 Å². The molecule has 0 saturated carbocycles. The van der Waals surface area contributed by atoms with E-state index < -0.39 is 0 Å². The highest BCUT2D eigenvalue weighted by Gasteiger charge is 2.27. The van der Waals surface area contributed by atoms with Crippen LogP contribution in [0.15, 0.2) is 52.3 Å². The summed E-state index contributed by atoms with van der Waals surface area (Å²) in [6.07, 6.45) is 0.781. The summed E-state index contributed by atoms with van der Waals surface area (Å²) in [5.41, 5.74) is 2.22. The van der Waals surface area contributed by atoms with E-state index in [0.717, 1.165) is 61.4 Å². The molecule has 0 aliphatic carbocycles. The fourth-order valence-corrected chi connectivity index (χ4v) is 4.66. The van der Waals surface area contributed by atoms with Gasteiger partial charge in [-0.3, -0.25) is 9.80 Å². The number of thiazole rings is 1. The van der Waals surface area contributed by atoms with Gasteiger partial charge in [-0.25, -0.2) is 4.98 Å². The van der Waals surface area contributed by atoms with Gasteiger partial charge in [0.25, 0.3) is 0 Å². The smallest absolute Gasteiger partial charge is 0.118 e. The van der Waals surface area contributed by atoms with E-state index in [-0.39, 0.29) is 6.61 Å². The second kappa shape index (κ2) is 9.01. The maximum Gasteiger partial charge on any atom is 0.118 e. The van der Waals surface area contributed by atoms with Crippen LogP contribution >= 0.6 is 11.3 Å². The van der Waals surface area contributed by atoms with E-state index >= 15 is 0 Å². The SMILES string of the molecule is Cc1ccc(CN2CCN(Cc3nc(-c4ccccc4)cs3)C[C@H]2CCO)o1. The summed E-state index contributed by atoms with van der Waals surface area (Å²) in [5, 5.41) is 12.8. The zero-order valence-corrected chi connectivity index (χ0v) is 17.1. The number of furan rings is 1. The average Bonchev–Trinajstić information content (AvgIpc) is 3.34. The molecule has 1 aliphatic rings. The lowest BCUT2D eigenvalue weighted by molar-refractivity contribution is 0.0454. The minimum atomic E-state index is 0.210. The number of nitrogens with zero attached hydrogens (tertiary/aromatic N) is 3. The third-order valence-electron chi connectivity index (χ3n) is 5.29. The van der Waals surface area contributed by atoms with Gasteiger partial charge in [-0.05, 0) is 25.5 Å². The van der Waals surface area contributed by atoms with Crippen LogP contribution in [0.25, 0.3) is 11.3 Å². The summed E-state index contributed by atoms with van der Waals surface area (Å²) in [6, 6.07) is 14.7. The number of benzene rings is 1. The number of aromatic nitrogens is 1. The van der Waals surface area contributed by atoms with Crippen LogP contribution in [0.4, 0.5) is 0 Å². The maximum atomic E-state index is 9.53. The minimum absolute atomic E-state index is 0.210. The van der Waals surface area contributed by atoms with E-state index in [1.165, 1.54) is 5.56 Å². The number of hydrogen-bond acceptors (Lipinski definition) is 6. The Bertz CT molecular complexity index is 877. The molecule has 1 aromatic carbocycles. The van der Waals surface area contributed by atoms with Crippen molar-refractivity contribution < 1.29 is 9.52 Å². The first-order valence-corrected chi connectivity index (χ1v) is 10.7. The second-order valence-electron chi connectivity index (χ2n) is 7.38. The largest absolute Gasteiger partial charge is 0.465 e. The Morgan fingerprint density at radius 1 is 1.14 bits per heavy atom. The van der Waals surface area contributed by atoms with Crippen molar-refractivity contribution in [2.24, 2.45) is 0 Å². The molecule has 0 radical (unpaired) electrons. The highest BCUT2D eigenvalue weighted by atomic mass is 32.1. The van der Waals surface area contributed by atoms with E-state index in [1.54, 1.807) is 11.3 Å². The van der Waals surface area contributed by atoms with Gasteiger partial charge in [-0.15, -0.1) is 11.3 Å². The Labute approximate surface area is 170 Å². The predicted molar refractivity (Wildman–Crippen MR) is 112 cm³/mol. The Morgan fingerprint density at radius 2 is 2.00 bits per heavy atom. The molecule has 28 heavy (non-hydrogen) atoms. The predicted octanol–water partition coefficient (Wildman–Crippen LogP) is 3.78. The average molecular weight is 398 g/mol. The van der Waals surface area contributed by atoms with Crippen molar-refractivity contribution >= 4 is 11.3 Å². The van der Waals surface area contributed by atoms with Crippen LogP contribution in [0.2, 0.25) is 0 Å². The molecule has 0 amide bonds. The minimum Gasteiger partial charge on any atom is -0.465 e. The van der Waals surface area contributed by atoms with Crippen molar-refractivity contribution in [3.63, 3.8) is 0 Å². The number of aliphatic hydroxyl groups is 1. The molecular weight excluding hydrogens is 370 g/mol. The molecule has 148 valence electrons. The lowest BCUT2D eigenvalue weighted by atomic mass is 10.1. The molecule has 1 saturated heterocycles. The van der Waals surface area contributed by atoms with Crippen LogP contribution in [-0.2, 0) is 13.1 Å². The van der Waals surface area contributed by atoms with Gasteiger partial charge in [0.05, 0.1) is 18.8 Å². The quantitative estimate of drug-likeness (QED) is 0.658. The highest BCUT2D eigenvalue weighted by molar-refractivity contribution is 7.09. The van der Waals surface area contributed by atoms with Gasteiger partial charge in [0, 0.05) is 43.2 Å². The Balaban J connectivity index is 1.38. The number of aryl methyl sites for hydroxylation is 1. The summed E-state index contributed by atoms with van der Waals surface area (Å²) in [5.74, 6) is 1.95. The molecule has 4 rings (SSSR count). The van der Waals surface area contributed by atoms with Crippen molar-refractivity contribution in [3.8, 4) is 11.3 Å². The first-order chi connectivity index (χ1) is 13.7. The van der Waals surface area contributed by atoms with Crippen molar-refractivity contribution in [2.45, 2.75) is 32.5 Å². The fraction of sp³-hybridized carbons (Fsp3) is 0.409. The number of rotatable bonds is 7. The summed E-state index contributed by atoms with van der Waals surface area (Å²) >= 11 is 1.73. The first-order valence-electron chi connectivity index (χ1n) is 9.83. The second-order valence-corrected chi connectivity index (χ2v) is 8.32. The molecule has 1 N–H and O–H groups in total. The van der Waals surface area contributed by atoms with E-state index in [0.29, 0.717) is 6.04 Å². The summed E-state index contributed by atoms with van der Waals surface area (Å²) in [7, 11) is 0. The van der Waals surface area contributed by atoms with Crippen molar-refractivity contribution in [1.82, 2.24) is 14.8 Å². The fourth-order valence-electron chi connectivity index (χ4n) is 3.82. The van der Waals surface area contributed by atoms with Gasteiger partial charge in [0.2, 0.25) is 0 Å². The number of aliphatic hydroxyl groups excluding tert-OH is 1. The maximum absolute atomic E-state index is 9.53. The first kappa shape index (κ1) is 19.3. The van der Waals surface area contributed by atoms with Gasteiger partial charge < -0.3 is 9.52 Å². The molecule has 2 aromatic heterocycles. The van der Waals surface area contributed by atoms with Gasteiger partial charge in [-0.2, -0.15) is 0 Å². The summed E-state index contributed by atoms with van der Waals surface area (Å²) in [6.45, 7) is 6.78. The molecule has 0 spiro atoms. The number of piperazine rings is 1. The van der Waals surface area contributed by atoms with E-state index in [1.807, 2.05) is 31.2 Å². The molecule has 1 aliphatic heterocycles. The van der Waals surface area contributed by atoms with Crippen LogP contribution in [-0.4, -0.2) is 52.2 Å². The van der Waals surface area contributed by atoms with E-state index in [4.69, 9.17) is 9.40 Å². The summed E-state index contributed by atoms with van der Waals surface area (Å²) in [4.78, 5) is 9.72. The molecule has 6 heteroatoms. The lowest BCUT2D eigenvalue weighted by Crippen LogP contribution is -2.52. The van der Waals surface area contributed by atoms with Crippen LogP contribution in [0.3, 0.4) is 0 Å². The van der Waals surface area contributed by atoms with Gasteiger partial charge in [0.15, 0.2) is 0 Å². The molecular formula is C22H27N3O2S. The van der Waals surface area contributed by atoms with E-state index in [2.05, 4.69) is 33.4 Å². The lowest BCUT2D eigenvalue weighted by Gasteiger charge is -2.40. The molecule has 0 bridgehead atoms. The molecule has 0 unspecified atom stereocenters. The van der Waals surface area contributed by atoms with Crippen LogP contribution in [0.1, 0.15) is 22.9 Å². The molecule has 1 atom stereocenters. The van der Waals surface area contributed by atoms with Crippen molar-refractivity contribution in [3.05, 3.63) is 64.4 Å². The van der Waals surface area contributed by atoms with Crippen molar-refractivity contribution in [1.29, 1.82) is 0 Å². The Kier molecular flexibility index (Phi) is 6.22.